The minimum absolute atomic E-state index is 0.302. The molecule has 96 valence electrons. The lowest BCUT2D eigenvalue weighted by molar-refractivity contribution is 0.516. The summed E-state index contributed by atoms with van der Waals surface area (Å²) in [5.74, 6) is 1.57. The molecule has 18 heavy (non-hydrogen) atoms. The molecule has 1 unspecified atom stereocenters. The van der Waals surface area contributed by atoms with Gasteiger partial charge in [-0.3, -0.25) is 0 Å². The van der Waals surface area contributed by atoms with Crippen molar-refractivity contribution >= 4 is 0 Å². The van der Waals surface area contributed by atoms with Gasteiger partial charge in [-0.2, -0.15) is 0 Å². The molecule has 1 N–H and O–H groups in total. The van der Waals surface area contributed by atoms with E-state index in [1.165, 1.54) is 5.56 Å². The fraction of sp³-hybridized carbons (Fsp3) is 0.400. The summed E-state index contributed by atoms with van der Waals surface area (Å²) in [5.41, 5.74) is 1.31. The van der Waals surface area contributed by atoms with Gasteiger partial charge in [-0.15, -0.1) is 0 Å². The molecule has 0 bridgehead atoms. The molecule has 3 heteroatoms. The van der Waals surface area contributed by atoms with Crippen LogP contribution >= 0.6 is 0 Å². The molecule has 0 aliphatic heterocycles. The number of imidazole rings is 1. The quantitative estimate of drug-likeness (QED) is 0.875. The molecule has 1 heterocycles. The average Bonchev–Trinajstić information content (AvgIpc) is 2.86. The highest BCUT2D eigenvalue weighted by atomic mass is 15.1. The van der Waals surface area contributed by atoms with Crippen LogP contribution in [0.25, 0.3) is 0 Å². The lowest BCUT2D eigenvalue weighted by Gasteiger charge is -2.22. The zero-order valence-electron chi connectivity index (χ0n) is 11.3. The Labute approximate surface area is 109 Å². The third-order valence-corrected chi connectivity index (χ3v) is 3.13. The number of hydrogen-bond acceptors (Lipinski definition) is 2. The van der Waals surface area contributed by atoms with E-state index < -0.39 is 0 Å². The molecule has 3 nitrogen and oxygen atoms in total. The highest BCUT2D eigenvalue weighted by molar-refractivity contribution is 5.21. The number of aromatic nitrogens is 2. The van der Waals surface area contributed by atoms with Crippen molar-refractivity contribution in [2.45, 2.75) is 25.8 Å². The predicted molar refractivity (Wildman–Crippen MR) is 74.8 cm³/mol. The minimum Gasteiger partial charge on any atom is -0.326 e. The van der Waals surface area contributed by atoms with Crippen LogP contribution in [0.2, 0.25) is 0 Å². The van der Waals surface area contributed by atoms with Gasteiger partial charge in [-0.1, -0.05) is 44.2 Å². The van der Waals surface area contributed by atoms with E-state index in [4.69, 9.17) is 0 Å². The van der Waals surface area contributed by atoms with Crippen molar-refractivity contribution in [3.63, 3.8) is 0 Å². The number of rotatable bonds is 5. The van der Waals surface area contributed by atoms with E-state index in [-0.39, 0.29) is 0 Å². The molecule has 0 aliphatic carbocycles. The van der Waals surface area contributed by atoms with Crippen molar-refractivity contribution in [3.05, 3.63) is 54.1 Å². The summed E-state index contributed by atoms with van der Waals surface area (Å²) >= 11 is 0. The smallest absolute Gasteiger partial charge is 0.111 e. The molecule has 0 aliphatic rings. The molecule has 0 radical (unpaired) electrons. The van der Waals surface area contributed by atoms with Crippen LogP contribution in [0.5, 0.6) is 0 Å². The summed E-state index contributed by atoms with van der Waals surface area (Å²) < 4.78 is 2.27. The van der Waals surface area contributed by atoms with Gasteiger partial charge in [0.1, 0.15) is 5.82 Å². The maximum absolute atomic E-state index is 4.48. The molecule has 1 aromatic heterocycles. The second kappa shape index (κ2) is 5.83. The Morgan fingerprint density at radius 1 is 1.22 bits per heavy atom. The normalized spacial score (nSPS) is 12.9. The molecule has 0 spiro atoms. The molecule has 0 fully saturated rings. The second-order valence-electron chi connectivity index (χ2n) is 4.83. The van der Waals surface area contributed by atoms with Crippen molar-refractivity contribution in [3.8, 4) is 0 Å². The topological polar surface area (TPSA) is 29.9 Å². The molecule has 0 saturated carbocycles. The van der Waals surface area contributed by atoms with E-state index in [1.54, 1.807) is 0 Å². The fourth-order valence-electron chi connectivity index (χ4n) is 2.28. The van der Waals surface area contributed by atoms with Crippen molar-refractivity contribution in [2.75, 3.05) is 13.6 Å². The Morgan fingerprint density at radius 2 is 1.94 bits per heavy atom. The summed E-state index contributed by atoms with van der Waals surface area (Å²) in [6, 6.07) is 10.9. The Bertz CT molecular complexity index is 473. The number of nitrogens with one attached hydrogen (secondary N) is 1. The molecule has 1 atom stereocenters. The maximum Gasteiger partial charge on any atom is 0.111 e. The molecule has 0 saturated heterocycles. The van der Waals surface area contributed by atoms with Crippen LogP contribution in [-0.4, -0.2) is 23.1 Å². The Kier molecular flexibility index (Phi) is 4.15. The van der Waals surface area contributed by atoms with Gasteiger partial charge < -0.3 is 9.88 Å². The monoisotopic (exact) mass is 243 g/mol. The van der Waals surface area contributed by atoms with E-state index in [2.05, 4.69) is 65.2 Å². The standard InChI is InChI=1S/C15H21N3/c1-12(2)15-17-9-10-18(15)14(11-16-3)13-7-5-4-6-8-13/h4-10,12,14,16H,11H2,1-3H3. The lowest BCUT2D eigenvalue weighted by Crippen LogP contribution is -2.24. The van der Waals surface area contributed by atoms with Gasteiger partial charge in [-0.05, 0) is 12.6 Å². The Balaban J connectivity index is 2.39. The van der Waals surface area contributed by atoms with Crippen LogP contribution in [-0.2, 0) is 0 Å². The Hall–Kier alpha value is -1.61. The summed E-state index contributed by atoms with van der Waals surface area (Å²) in [4.78, 5) is 4.48. The van der Waals surface area contributed by atoms with Gasteiger partial charge in [0.15, 0.2) is 0 Å². The van der Waals surface area contributed by atoms with Gasteiger partial charge in [0.2, 0.25) is 0 Å². The van der Waals surface area contributed by atoms with E-state index in [0.717, 1.165) is 12.4 Å². The van der Waals surface area contributed by atoms with E-state index >= 15 is 0 Å². The van der Waals surface area contributed by atoms with Gasteiger partial charge in [-0.25, -0.2) is 4.98 Å². The summed E-state index contributed by atoms with van der Waals surface area (Å²) in [5, 5.41) is 3.27. The zero-order chi connectivity index (χ0) is 13.0. The number of likely N-dealkylation sites (N-methyl/N-ethyl adjacent to an activating group) is 1. The van der Waals surface area contributed by atoms with E-state index in [9.17, 15) is 0 Å². The van der Waals surface area contributed by atoms with Crippen molar-refractivity contribution in [2.24, 2.45) is 0 Å². The lowest BCUT2D eigenvalue weighted by atomic mass is 10.1. The van der Waals surface area contributed by atoms with Gasteiger partial charge in [0.25, 0.3) is 0 Å². The van der Waals surface area contributed by atoms with Gasteiger partial charge in [0.05, 0.1) is 6.04 Å². The molecule has 0 amide bonds. The van der Waals surface area contributed by atoms with Crippen molar-refractivity contribution < 1.29 is 0 Å². The summed E-state index contributed by atoms with van der Waals surface area (Å²) in [6.07, 6.45) is 3.96. The molecular weight excluding hydrogens is 222 g/mol. The second-order valence-corrected chi connectivity index (χ2v) is 4.83. The first kappa shape index (κ1) is 12.8. The predicted octanol–water partition coefficient (Wildman–Crippen LogP) is 2.82. The zero-order valence-corrected chi connectivity index (χ0v) is 11.3. The fourth-order valence-corrected chi connectivity index (χ4v) is 2.28. The maximum atomic E-state index is 4.48. The van der Waals surface area contributed by atoms with Crippen LogP contribution in [0.4, 0.5) is 0 Å². The minimum atomic E-state index is 0.302. The van der Waals surface area contributed by atoms with E-state index in [0.29, 0.717) is 12.0 Å². The van der Waals surface area contributed by atoms with Crippen LogP contribution in [0.1, 0.15) is 37.2 Å². The third kappa shape index (κ3) is 2.62. The average molecular weight is 243 g/mol. The number of benzene rings is 1. The first-order valence-electron chi connectivity index (χ1n) is 6.46. The SMILES string of the molecule is CNCC(c1ccccc1)n1ccnc1C(C)C. The molecule has 2 aromatic rings. The van der Waals surface area contributed by atoms with Crippen LogP contribution < -0.4 is 5.32 Å². The van der Waals surface area contributed by atoms with Crippen molar-refractivity contribution in [1.82, 2.24) is 14.9 Å². The highest BCUT2D eigenvalue weighted by Crippen LogP contribution is 2.22. The largest absolute Gasteiger partial charge is 0.326 e. The van der Waals surface area contributed by atoms with Crippen molar-refractivity contribution in [1.29, 1.82) is 0 Å². The number of hydrogen-bond donors (Lipinski definition) is 1. The summed E-state index contributed by atoms with van der Waals surface area (Å²) in [7, 11) is 1.99. The van der Waals surface area contributed by atoms with Crippen LogP contribution in [0.3, 0.4) is 0 Å². The van der Waals surface area contributed by atoms with Crippen LogP contribution in [0.15, 0.2) is 42.7 Å². The molecule has 2 rings (SSSR count). The first-order valence-corrected chi connectivity index (χ1v) is 6.46. The Morgan fingerprint density at radius 3 is 2.56 bits per heavy atom. The summed E-state index contributed by atoms with van der Waals surface area (Å²) in [6.45, 7) is 5.26. The third-order valence-electron chi connectivity index (χ3n) is 3.13. The number of nitrogens with zero attached hydrogens (tertiary/aromatic N) is 2. The molecule has 1 aromatic carbocycles. The molecular formula is C15H21N3. The first-order chi connectivity index (χ1) is 8.74. The van der Waals surface area contributed by atoms with E-state index in [1.807, 2.05) is 13.2 Å². The van der Waals surface area contributed by atoms with Crippen LogP contribution in [0, 0.1) is 0 Å². The highest BCUT2D eigenvalue weighted by Gasteiger charge is 2.17. The van der Waals surface area contributed by atoms with Gasteiger partial charge >= 0.3 is 0 Å². The van der Waals surface area contributed by atoms with Gasteiger partial charge in [0, 0.05) is 24.9 Å².